The van der Waals surface area contributed by atoms with Crippen LogP contribution in [0.4, 0.5) is 4.79 Å². The molecule has 2 atom stereocenters. The Morgan fingerprint density at radius 2 is 2.11 bits per heavy atom. The van der Waals surface area contributed by atoms with E-state index in [-0.39, 0.29) is 19.2 Å². The van der Waals surface area contributed by atoms with Crippen molar-refractivity contribution in [3.8, 4) is 0 Å². The van der Waals surface area contributed by atoms with E-state index in [1.165, 1.54) is 11.9 Å². The summed E-state index contributed by atoms with van der Waals surface area (Å²) in [5.74, 6) is -1.96. The molecule has 0 bridgehead atoms. The summed E-state index contributed by atoms with van der Waals surface area (Å²) >= 11 is 0. The predicted molar refractivity (Wildman–Crippen MR) is 66.5 cm³/mol. The molecule has 2 amide bonds. The number of hydrogen-bond acceptors (Lipinski definition) is 4. The predicted octanol–water partition coefficient (Wildman–Crippen LogP) is 0.220. The first-order valence-corrected chi connectivity index (χ1v) is 6.02. The quantitative estimate of drug-likeness (QED) is 0.550. The summed E-state index contributed by atoms with van der Waals surface area (Å²) in [6, 6.07) is -0.757. The van der Waals surface area contributed by atoms with Gasteiger partial charge >= 0.3 is 18.0 Å². The number of amides is 2. The number of urea groups is 1. The Hall–Kier alpha value is -2.05. The van der Waals surface area contributed by atoms with Crippen molar-refractivity contribution in [2.75, 3.05) is 20.2 Å². The van der Waals surface area contributed by atoms with Gasteiger partial charge in [0.1, 0.15) is 6.54 Å². The van der Waals surface area contributed by atoms with E-state index < -0.39 is 23.9 Å². The van der Waals surface area contributed by atoms with Crippen LogP contribution >= 0.6 is 0 Å². The first-order chi connectivity index (χ1) is 8.93. The number of aliphatic carboxylic acids is 1. The lowest BCUT2D eigenvalue weighted by Crippen LogP contribution is -2.44. The zero-order valence-corrected chi connectivity index (χ0v) is 11.0. The Labute approximate surface area is 111 Å². The number of nitrogens with one attached hydrogen (secondary N) is 1. The van der Waals surface area contributed by atoms with Gasteiger partial charge in [0, 0.05) is 7.05 Å². The Morgan fingerprint density at radius 3 is 2.63 bits per heavy atom. The maximum atomic E-state index is 11.7. The van der Waals surface area contributed by atoms with E-state index in [0.717, 1.165) is 0 Å². The maximum absolute atomic E-state index is 11.7. The number of carboxylic acid groups (broad SMARTS) is 1. The number of ether oxygens (including phenoxy) is 1. The van der Waals surface area contributed by atoms with Crippen molar-refractivity contribution in [2.45, 2.75) is 19.4 Å². The van der Waals surface area contributed by atoms with Crippen LogP contribution in [-0.2, 0) is 14.3 Å². The number of carbonyl (C=O) groups excluding carboxylic acids is 2. The van der Waals surface area contributed by atoms with Crippen LogP contribution in [0.2, 0.25) is 0 Å². The number of esters is 1. The average Bonchev–Trinajstić information content (AvgIpc) is 2.77. The lowest BCUT2D eigenvalue weighted by atomic mass is 10.1. The summed E-state index contributed by atoms with van der Waals surface area (Å²) in [7, 11) is 1.47. The van der Waals surface area contributed by atoms with Gasteiger partial charge in [-0.05, 0) is 13.3 Å². The lowest BCUT2D eigenvalue weighted by molar-refractivity contribution is -0.143. The van der Waals surface area contributed by atoms with Gasteiger partial charge in [-0.3, -0.25) is 9.59 Å². The second-order valence-corrected chi connectivity index (χ2v) is 4.28. The number of likely N-dealkylation sites (N-methyl/N-ethyl adjacent to an activating group) is 1. The zero-order chi connectivity index (χ0) is 14.4. The second kappa shape index (κ2) is 6.77. The van der Waals surface area contributed by atoms with Gasteiger partial charge in [0.2, 0.25) is 0 Å². The number of rotatable bonds is 5. The fourth-order valence-corrected chi connectivity index (χ4v) is 1.73. The van der Waals surface area contributed by atoms with Gasteiger partial charge in [-0.1, -0.05) is 12.2 Å². The molecule has 1 aliphatic rings. The van der Waals surface area contributed by atoms with Crippen molar-refractivity contribution in [1.82, 2.24) is 10.2 Å². The summed E-state index contributed by atoms with van der Waals surface area (Å²) in [6.45, 7) is 1.81. The first kappa shape index (κ1) is 15.0. The fraction of sp³-hybridized carbons (Fsp3) is 0.583. The highest BCUT2D eigenvalue weighted by Crippen LogP contribution is 2.17. The minimum Gasteiger partial charge on any atom is -0.481 e. The molecule has 0 aromatic heterocycles. The minimum absolute atomic E-state index is 0.140. The van der Waals surface area contributed by atoms with Crippen LogP contribution in [0.25, 0.3) is 0 Å². The third kappa shape index (κ3) is 4.61. The van der Waals surface area contributed by atoms with Crippen LogP contribution in [0.3, 0.4) is 0 Å². The van der Waals surface area contributed by atoms with Gasteiger partial charge in [-0.15, -0.1) is 0 Å². The van der Waals surface area contributed by atoms with Crippen LogP contribution in [0, 0.1) is 5.92 Å². The molecule has 0 aliphatic heterocycles. The molecule has 106 valence electrons. The average molecular weight is 270 g/mol. The largest absolute Gasteiger partial charge is 0.481 e. The SMILES string of the molecule is CCOC(=O)CN(C)C(=O)NC1C=CC(C(=O)O)C1. The van der Waals surface area contributed by atoms with Crippen LogP contribution in [0.15, 0.2) is 12.2 Å². The van der Waals surface area contributed by atoms with Gasteiger partial charge in [0.25, 0.3) is 0 Å². The molecule has 0 heterocycles. The highest BCUT2D eigenvalue weighted by Gasteiger charge is 2.26. The van der Waals surface area contributed by atoms with E-state index in [4.69, 9.17) is 9.84 Å². The van der Waals surface area contributed by atoms with Crippen LogP contribution in [0.1, 0.15) is 13.3 Å². The number of hydrogen-bond donors (Lipinski definition) is 2. The molecule has 0 aromatic carbocycles. The van der Waals surface area contributed by atoms with E-state index >= 15 is 0 Å². The Morgan fingerprint density at radius 1 is 1.42 bits per heavy atom. The molecule has 2 unspecified atom stereocenters. The molecule has 0 spiro atoms. The van der Waals surface area contributed by atoms with E-state index in [2.05, 4.69) is 5.32 Å². The van der Waals surface area contributed by atoms with Crippen molar-refractivity contribution < 1.29 is 24.2 Å². The van der Waals surface area contributed by atoms with E-state index in [1.807, 2.05) is 0 Å². The van der Waals surface area contributed by atoms with Gasteiger partial charge in [0.15, 0.2) is 0 Å². The molecular weight excluding hydrogens is 252 g/mol. The number of carboxylic acids is 1. The fourth-order valence-electron chi connectivity index (χ4n) is 1.73. The summed E-state index contributed by atoms with van der Waals surface area (Å²) in [6.07, 6.45) is 3.53. The lowest BCUT2D eigenvalue weighted by Gasteiger charge is -2.19. The molecule has 1 aliphatic carbocycles. The molecule has 0 aromatic rings. The van der Waals surface area contributed by atoms with Crippen LogP contribution in [-0.4, -0.2) is 54.2 Å². The molecule has 0 fully saturated rings. The van der Waals surface area contributed by atoms with Gasteiger partial charge in [-0.25, -0.2) is 4.79 Å². The number of carbonyl (C=O) groups is 3. The smallest absolute Gasteiger partial charge is 0.325 e. The molecule has 1 rings (SSSR count). The van der Waals surface area contributed by atoms with Crippen molar-refractivity contribution >= 4 is 18.0 Å². The molecule has 19 heavy (non-hydrogen) atoms. The standard InChI is InChI=1S/C12H18N2O5/c1-3-19-10(15)7-14(2)12(18)13-9-5-4-8(6-9)11(16)17/h4-5,8-9H,3,6-7H2,1-2H3,(H,13,18)(H,16,17). The Bertz CT molecular complexity index is 394. The molecule has 7 heteroatoms. The van der Waals surface area contributed by atoms with Crippen molar-refractivity contribution in [2.24, 2.45) is 5.92 Å². The monoisotopic (exact) mass is 270 g/mol. The molecule has 0 radical (unpaired) electrons. The maximum Gasteiger partial charge on any atom is 0.325 e. The van der Waals surface area contributed by atoms with Crippen LogP contribution in [0.5, 0.6) is 0 Å². The van der Waals surface area contributed by atoms with Crippen molar-refractivity contribution in [1.29, 1.82) is 0 Å². The van der Waals surface area contributed by atoms with Crippen molar-refractivity contribution in [3.05, 3.63) is 12.2 Å². The Kier molecular flexibility index (Phi) is 5.35. The summed E-state index contributed by atoms with van der Waals surface area (Å²) < 4.78 is 4.73. The van der Waals surface area contributed by atoms with E-state index in [9.17, 15) is 14.4 Å². The normalized spacial score (nSPS) is 20.9. The zero-order valence-electron chi connectivity index (χ0n) is 11.0. The highest BCUT2D eigenvalue weighted by atomic mass is 16.5. The summed E-state index contributed by atoms with van der Waals surface area (Å²) in [4.78, 5) is 34.9. The highest BCUT2D eigenvalue weighted by molar-refractivity contribution is 5.81. The summed E-state index contributed by atoms with van der Waals surface area (Å²) in [5, 5.41) is 11.5. The van der Waals surface area contributed by atoms with E-state index in [1.54, 1.807) is 19.1 Å². The second-order valence-electron chi connectivity index (χ2n) is 4.28. The third-order valence-electron chi connectivity index (χ3n) is 2.73. The van der Waals surface area contributed by atoms with Crippen LogP contribution < -0.4 is 5.32 Å². The summed E-state index contributed by atoms with van der Waals surface area (Å²) in [5.41, 5.74) is 0. The molecule has 0 saturated heterocycles. The molecule has 7 nitrogen and oxygen atoms in total. The minimum atomic E-state index is -0.909. The molecular formula is C12H18N2O5. The molecule has 0 saturated carbocycles. The number of nitrogens with zero attached hydrogens (tertiary/aromatic N) is 1. The first-order valence-electron chi connectivity index (χ1n) is 6.02. The topological polar surface area (TPSA) is 95.9 Å². The van der Waals surface area contributed by atoms with Gasteiger partial charge in [0.05, 0.1) is 18.6 Å². The van der Waals surface area contributed by atoms with Gasteiger partial charge < -0.3 is 20.1 Å². The van der Waals surface area contributed by atoms with Gasteiger partial charge in [-0.2, -0.15) is 0 Å². The van der Waals surface area contributed by atoms with Crippen molar-refractivity contribution in [3.63, 3.8) is 0 Å². The Balaban J connectivity index is 2.37. The van der Waals surface area contributed by atoms with E-state index in [0.29, 0.717) is 6.42 Å². The molecule has 2 N–H and O–H groups in total. The third-order valence-corrected chi connectivity index (χ3v) is 2.73.